The Kier molecular flexibility index (Phi) is 11.0. The Morgan fingerprint density at radius 2 is 2.07 bits per heavy atom. The van der Waals surface area contributed by atoms with Crippen molar-refractivity contribution >= 4 is 29.9 Å². The number of hydrogen-bond acceptors (Lipinski definition) is 4. The minimum atomic E-state index is -4.39. The van der Waals surface area contributed by atoms with E-state index >= 15 is 0 Å². The summed E-state index contributed by atoms with van der Waals surface area (Å²) < 4.78 is 47.7. The van der Waals surface area contributed by atoms with Crippen molar-refractivity contribution in [3.05, 3.63) is 29.8 Å². The molecule has 1 aliphatic heterocycles. The molecule has 1 aromatic carbocycles. The van der Waals surface area contributed by atoms with E-state index in [1.54, 1.807) is 18.2 Å². The van der Waals surface area contributed by atoms with E-state index in [1.807, 2.05) is 6.92 Å². The number of halogens is 4. The summed E-state index contributed by atoms with van der Waals surface area (Å²) in [5.41, 5.74) is 0.428. The van der Waals surface area contributed by atoms with Crippen molar-refractivity contribution in [1.29, 1.82) is 0 Å². The molecule has 1 heterocycles. The number of aliphatic hydroxyl groups is 1. The largest absolute Gasteiger partial charge is 0.484 e. The third-order valence-corrected chi connectivity index (χ3v) is 4.57. The van der Waals surface area contributed by atoms with E-state index in [0.29, 0.717) is 44.2 Å². The lowest BCUT2D eigenvalue weighted by molar-refractivity contribution is -0.153. The molecule has 2 rings (SSSR count). The Bertz CT molecular complexity index is 639. The second kappa shape index (κ2) is 12.4. The van der Waals surface area contributed by atoms with Gasteiger partial charge in [0, 0.05) is 37.3 Å². The molecule has 10 heteroatoms. The maximum Gasteiger partial charge on any atom is 0.422 e. The fraction of sp³-hybridized carbons (Fsp3) is 0.632. The Labute approximate surface area is 186 Å². The number of ether oxygens (including phenoxy) is 2. The Balaban J connectivity index is 0.00000420. The van der Waals surface area contributed by atoms with E-state index < -0.39 is 12.8 Å². The average molecular weight is 531 g/mol. The van der Waals surface area contributed by atoms with Gasteiger partial charge in [0.1, 0.15) is 5.75 Å². The third kappa shape index (κ3) is 8.95. The quantitative estimate of drug-likeness (QED) is 0.260. The van der Waals surface area contributed by atoms with E-state index in [9.17, 15) is 18.3 Å². The van der Waals surface area contributed by atoms with Crippen molar-refractivity contribution < 1.29 is 27.8 Å². The van der Waals surface area contributed by atoms with Crippen molar-refractivity contribution in [3.8, 4) is 5.75 Å². The summed E-state index contributed by atoms with van der Waals surface area (Å²) in [4.78, 5) is 4.47. The van der Waals surface area contributed by atoms with Gasteiger partial charge in [0.25, 0.3) is 0 Å². The van der Waals surface area contributed by atoms with Crippen LogP contribution in [-0.2, 0) is 11.3 Å². The lowest BCUT2D eigenvalue weighted by Gasteiger charge is -2.27. The number of hydrogen-bond donors (Lipinski definition) is 3. The number of aliphatic imine (C=N–C) groups is 1. The number of aliphatic hydroxyl groups excluding tert-OH is 1. The number of nitrogens with zero attached hydrogens (tertiary/aromatic N) is 1. The van der Waals surface area contributed by atoms with Gasteiger partial charge in [-0.25, -0.2) is 4.99 Å². The highest BCUT2D eigenvalue weighted by atomic mass is 127. The van der Waals surface area contributed by atoms with Crippen LogP contribution in [0.1, 0.15) is 25.3 Å². The molecule has 1 fully saturated rings. The topological polar surface area (TPSA) is 75.1 Å². The van der Waals surface area contributed by atoms with Crippen molar-refractivity contribution in [2.24, 2.45) is 10.4 Å². The van der Waals surface area contributed by atoms with Crippen LogP contribution in [0.2, 0.25) is 0 Å². The number of nitrogens with one attached hydrogen (secondary N) is 2. The molecule has 0 radical (unpaired) electrons. The van der Waals surface area contributed by atoms with Crippen LogP contribution in [0.25, 0.3) is 0 Å². The second-order valence-electron chi connectivity index (χ2n) is 6.84. The van der Waals surface area contributed by atoms with Crippen LogP contribution in [0.4, 0.5) is 13.2 Å². The van der Waals surface area contributed by atoms with E-state index in [0.717, 1.165) is 6.42 Å². The molecule has 6 nitrogen and oxygen atoms in total. The number of rotatable bonds is 9. The molecule has 1 saturated heterocycles. The predicted octanol–water partition coefficient (Wildman–Crippen LogP) is 3.09. The Morgan fingerprint density at radius 1 is 1.31 bits per heavy atom. The first kappa shape index (κ1) is 25.8. The summed E-state index contributed by atoms with van der Waals surface area (Å²) in [6.45, 7) is 3.32. The van der Waals surface area contributed by atoms with Crippen LogP contribution in [-0.4, -0.2) is 56.8 Å². The standard InChI is InChI=1S/C19H28F3N3O3.HI/c1-2-23-17(25-12-18(7-9-26)8-10-27-13-18)24-11-15-5-3-4-6-16(15)28-14-19(20,21)22;/h3-6,26H,2,7-14H2,1H3,(H2,23,24,25);1H. The lowest BCUT2D eigenvalue weighted by atomic mass is 9.84. The third-order valence-electron chi connectivity index (χ3n) is 4.57. The number of alkyl halides is 3. The van der Waals surface area contributed by atoms with E-state index in [2.05, 4.69) is 15.6 Å². The van der Waals surface area contributed by atoms with Gasteiger partial charge in [-0.3, -0.25) is 0 Å². The SMILES string of the molecule is CCNC(=NCc1ccccc1OCC(F)(F)F)NCC1(CCO)CCOC1.I. The molecule has 29 heavy (non-hydrogen) atoms. The molecule has 1 unspecified atom stereocenters. The molecule has 1 aromatic rings. The minimum absolute atomic E-state index is 0. The number of guanidine groups is 1. The fourth-order valence-electron chi connectivity index (χ4n) is 3.02. The first-order chi connectivity index (χ1) is 13.4. The summed E-state index contributed by atoms with van der Waals surface area (Å²) in [6.07, 6.45) is -2.90. The van der Waals surface area contributed by atoms with Gasteiger partial charge in [-0.05, 0) is 25.8 Å². The van der Waals surface area contributed by atoms with Crippen molar-refractivity contribution in [2.45, 2.75) is 32.5 Å². The van der Waals surface area contributed by atoms with Gasteiger partial charge in [0.15, 0.2) is 12.6 Å². The minimum Gasteiger partial charge on any atom is -0.484 e. The second-order valence-corrected chi connectivity index (χ2v) is 6.84. The van der Waals surface area contributed by atoms with Gasteiger partial charge in [-0.1, -0.05) is 18.2 Å². The molecule has 166 valence electrons. The van der Waals surface area contributed by atoms with Gasteiger partial charge in [0.2, 0.25) is 0 Å². The normalized spacial score (nSPS) is 19.6. The summed E-state index contributed by atoms with van der Waals surface area (Å²) in [7, 11) is 0. The fourth-order valence-corrected chi connectivity index (χ4v) is 3.02. The lowest BCUT2D eigenvalue weighted by Crippen LogP contribution is -2.44. The van der Waals surface area contributed by atoms with Gasteiger partial charge < -0.3 is 25.2 Å². The molecule has 0 aromatic heterocycles. The van der Waals surface area contributed by atoms with Gasteiger partial charge in [0.05, 0.1) is 13.2 Å². The molecule has 0 spiro atoms. The highest BCUT2D eigenvalue weighted by Crippen LogP contribution is 2.31. The smallest absolute Gasteiger partial charge is 0.422 e. The number of para-hydroxylation sites is 1. The molecular weight excluding hydrogens is 502 g/mol. The van der Waals surface area contributed by atoms with Crippen molar-refractivity contribution in [3.63, 3.8) is 0 Å². The zero-order valence-electron chi connectivity index (χ0n) is 16.4. The van der Waals surface area contributed by atoms with Gasteiger partial charge in [-0.15, -0.1) is 24.0 Å². The van der Waals surface area contributed by atoms with E-state index in [4.69, 9.17) is 9.47 Å². The van der Waals surface area contributed by atoms with Gasteiger partial charge in [-0.2, -0.15) is 13.2 Å². The Morgan fingerprint density at radius 3 is 2.69 bits per heavy atom. The summed E-state index contributed by atoms with van der Waals surface area (Å²) in [6, 6.07) is 6.55. The summed E-state index contributed by atoms with van der Waals surface area (Å²) >= 11 is 0. The van der Waals surface area contributed by atoms with E-state index in [-0.39, 0.29) is 48.3 Å². The molecule has 1 aliphatic rings. The molecule has 0 amide bonds. The highest BCUT2D eigenvalue weighted by molar-refractivity contribution is 14.0. The first-order valence-electron chi connectivity index (χ1n) is 9.36. The Hall–Kier alpha value is -1.27. The molecule has 1 atom stereocenters. The van der Waals surface area contributed by atoms with Crippen LogP contribution >= 0.6 is 24.0 Å². The van der Waals surface area contributed by atoms with Crippen LogP contribution in [0, 0.1) is 5.41 Å². The van der Waals surface area contributed by atoms with E-state index in [1.165, 1.54) is 6.07 Å². The van der Waals surface area contributed by atoms with Gasteiger partial charge >= 0.3 is 6.18 Å². The maximum atomic E-state index is 12.4. The van der Waals surface area contributed by atoms with Crippen LogP contribution in [0.3, 0.4) is 0 Å². The van der Waals surface area contributed by atoms with Crippen molar-refractivity contribution in [2.75, 3.05) is 39.5 Å². The van der Waals surface area contributed by atoms with Crippen LogP contribution in [0.5, 0.6) is 5.75 Å². The summed E-state index contributed by atoms with van der Waals surface area (Å²) in [5.74, 6) is 0.720. The molecular formula is C19H29F3IN3O3. The van der Waals surface area contributed by atoms with Crippen LogP contribution in [0.15, 0.2) is 29.3 Å². The van der Waals surface area contributed by atoms with Crippen molar-refractivity contribution in [1.82, 2.24) is 10.6 Å². The number of benzene rings is 1. The zero-order valence-corrected chi connectivity index (χ0v) is 18.8. The molecule has 0 aliphatic carbocycles. The maximum absolute atomic E-state index is 12.4. The molecule has 3 N–H and O–H groups in total. The zero-order chi connectivity index (χ0) is 20.5. The molecule has 0 saturated carbocycles. The summed E-state index contributed by atoms with van der Waals surface area (Å²) in [5, 5.41) is 15.7. The highest BCUT2D eigenvalue weighted by Gasteiger charge is 2.34. The van der Waals surface area contributed by atoms with Crippen LogP contribution < -0.4 is 15.4 Å². The predicted molar refractivity (Wildman–Crippen MR) is 116 cm³/mol. The monoisotopic (exact) mass is 531 g/mol. The molecule has 0 bridgehead atoms. The first-order valence-corrected chi connectivity index (χ1v) is 9.36. The average Bonchev–Trinajstić information content (AvgIpc) is 3.11.